The van der Waals surface area contributed by atoms with Crippen molar-refractivity contribution in [2.75, 3.05) is 24.6 Å². The molecule has 0 aromatic heterocycles. The Bertz CT molecular complexity index is 499. The molecular formula is C17H24N2O2. The summed E-state index contributed by atoms with van der Waals surface area (Å²) in [6.07, 6.45) is 4.73. The molecule has 1 amide bonds. The number of benzene rings is 1. The van der Waals surface area contributed by atoms with Gasteiger partial charge in [-0.15, -0.1) is 0 Å². The maximum absolute atomic E-state index is 11.8. The highest BCUT2D eigenvalue weighted by atomic mass is 16.5. The first kappa shape index (κ1) is 14.2. The van der Waals surface area contributed by atoms with Gasteiger partial charge in [0.15, 0.2) is 6.61 Å². The summed E-state index contributed by atoms with van der Waals surface area (Å²) in [7, 11) is 0. The van der Waals surface area contributed by atoms with Gasteiger partial charge in [-0.3, -0.25) is 4.79 Å². The summed E-state index contributed by atoms with van der Waals surface area (Å²) in [4.78, 5) is 14.1. The van der Waals surface area contributed by atoms with Crippen LogP contribution in [0.2, 0.25) is 0 Å². The van der Waals surface area contributed by atoms with Crippen molar-refractivity contribution in [3.05, 3.63) is 24.3 Å². The molecule has 4 nitrogen and oxygen atoms in total. The summed E-state index contributed by atoms with van der Waals surface area (Å²) >= 11 is 0. The normalized spacial score (nSPS) is 22.0. The van der Waals surface area contributed by atoms with Gasteiger partial charge in [0, 0.05) is 19.1 Å². The number of piperidine rings is 1. The molecule has 1 aliphatic carbocycles. The molecule has 1 saturated heterocycles. The molecule has 0 bridgehead atoms. The van der Waals surface area contributed by atoms with Crippen molar-refractivity contribution in [3.8, 4) is 5.75 Å². The molecule has 0 spiro atoms. The highest BCUT2D eigenvalue weighted by molar-refractivity contribution is 5.78. The average Bonchev–Trinajstić information content (AvgIpc) is 3.29. The number of anilines is 1. The molecule has 1 aromatic rings. The molecule has 1 aromatic carbocycles. The summed E-state index contributed by atoms with van der Waals surface area (Å²) in [6.45, 7) is 4.53. The number of nitrogens with one attached hydrogen (secondary N) is 1. The van der Waals surface area contributed by atoms with E-state index in [1.807, 2.05) is 18.2 Å². The fraction of sp³-hybridized carbons (Fsp3) is 0.588. The minimum atomic E-state index is -0.0145. The van der Waals surface area contributed by atoms with E-state index in [-0.39, 0.29) is 12.5 Å². The van der Waals surface area contributed by atoms with Crippen LogP contribution in [0.4, 0.5) is 5.69 Å². The van der Waals surface area contributed by atoms with Crippen LogP contribution in [0.15, 0.2) is 24.3 Å². The molecule has 0 radical (unpaired) electrons. The lowest BCUT2D eigenvalue weighted by molar-refractivity contribution is -0.123. The number of ether oxygens (including phenoxy) is 1. The van der Waals surface area contributed by atoms with Crippen LogP contribution < -0.4 is 15.0 Å². The van der Waals surface area contributed by atoms with Crippen LogP contribution in [0.3, 0.4) is 0 Å². The first-order valence-electron chi connectivity index (χ1n) is 7.98. The van der Waals surface area contributed by atoms with E-state index in [9.17, 15) is 4.79 Å². The van der Waals surface area contributed by atoms with Gasteiger partial charge in [0.2, 0.25) is 0 Å². The van der Waals surface area contributed by atoms with E-state index in [1.54, 1.807) is 0 Å². The predicted molar refractivity (Wildman–Crippen MR) is 83.7 cm³/mol. The molecule has 2 aliphatic rings. The summed E-state index contributed by atoms with van der Waals surface area (Å²) in [5, 5.41) is 2.95. The van der Waals surface area contributed by atoms with Crippen LogP contribution in [0.5, 0.6) is 5.75 Å². The fourth-order valence-electron chi connectivity index (χ4n) is 2.89. The molecule has 3 rings (SSSR count). The molecule has 1 saturated carbocycles. The third kappa shape index (κ3) is 3.90. The van der Waals surface area contributed by atoms with E-state index < -0.39 is 0 Å². The molecule has 1 atom stereocenters. The molecule has 1 heterocycles. The van der Waals surface area contributed by atoms with Crippen LogP contribution in [0.1, 0.15) is 32.6 Å². The van der Waals surface area contributed by atoms with Gasteiger partial charge in [-0.05, 0) is 43.7 Å². The average molecular weight is 288 g/mol. The van der Waals surface area contributed by atoms with Crippen LogP contribution in [-0.2, 0) is 4.79 Å². The van der Waals surface area contributed by atoms with Gasteiger partial charge in [0.1, 0.15) is 5.75 Å². The number of rotatable bonds is 5. The second-order valence-corrected chi connectivity index (χ2v) is 6.29. The Morgan fingerprint density at radius 2 is 2.14 bits per heavy atom. The third-order valence-corrected chi connectivity index (χ3v) is 4.16. The highest BCUT2D eigenvalue weighted by Gasteiger charge is 2.24. The fourth-order valence-corrected chi connectivity index (χ4v) is 2.89. The second kappa shape index (κ2) is 6.37. The summed E-state index contributed by atoms with van der Waals surface area (Å²) < 4.78 is 5.76. The predicted octanol–water partition coefficient (Wildman–Crippen LogP) is 2.58. The number of carbonyl (C=O) groups excluding carboxylic acids is 1. The Labute approximate surface area is 126 Å². The quantitative estimate of drug-likeness (QED) is 0.905. The number of carbonyl (C=O) groups is 1. The van der Waals surface area contributed by atoms with Crippen molar-refractivity contribution in [2.45, 2.75) is 38.6 Å². The third-order valence-electron chi connectivity index (χ3n) is 4.16. The number of hydrogen-bond acceptors (Lipinski definition) is 3. The van der Waals surface area contributed by atoms with Crippen LogP contribution in [0, 0.1) is 5.92 Å². The highest BCUT2D eigenvalue weighted by Crippen LogP contribution is 2.31. The van der Waals surface area contributed by atoms with Crippen molar-refractivity contribution in [1.82, 2.24) is 5.32 Å². The Morgan fingerprint density at radius 3 is 2.90 bits per heavy atom. The maximum atomic E-state index is 11.8. The lowest BCUT2D eigenvalue weighted by Crippen LogP contribution is -2.35. The van der Waals surface area contributed by atoms with Crippen LogP contribution in [0.25, 0.3) is 0 Å². The van der Waals surface area contributed by atoms with E-state index >= 15 is 0 Å². The second-order valence-electron chi connectivity index (χ2n) is 6.29. The Hall–Kier alpha value is -1.71. The molecular weight excluding hydrogens is 264 g/mol. The first-order chi connectivity index (χ1) is 10.2. The van der Waals surface area contributed by atoms with Gasteiger partial charge in [-0.1, -0.05) is 19.1 Å². The zero-order valence-electron chi connectivity index (χ0n) is 12.7. The number of nitrogens with zero attached hydrogens (tertiary/aromatic N) is 1. The lowest BCUT2D eigenvalue weighted by Gasteiger charge is -2.33. The van der Waals surface area contributed by atoms with E-state index in [0.29, 0.717) is 12.0 Å². The van der Waals surface area contributed by atoms with Crippen molar-refractivity contribution in [3.63, 3.8) is 0 Å². The van der Waals surface area contributed by atoms with E-state index in [4.69, 9.17) is 4.74 Å². The Morgan fingerprint density at radius 1 is 1.33 bits per heavy atom. The molecule has 114 valence electrons. The van der Waals surface area contributed by atoms with E-state index in [0.717, 1.165) is 37.4 Å². The molecule has 1 N–H and O–H groups in total. The smallest absolute Gasteiger partial charge is 0.258 e. The van der Waals surface area contributed by atoms with Crippen molar-refractivity contribution < 1.29 is 9.53 Å². The molecule has 1 aliphatic heterocycles. The largest absolute Gasteiger partial charge is 0.482 e. The van der Waals surface area contributed by atoms with Crippen molar-refractivity contribution in [1.29, 1.82) is 0 Å². The minimum Gasteiger partial charge on any atom is -0.482 e. The number of amides is 1. The first-order valence-corrected chi connectivity index (χ1v) is 7.98. The molecule has 4 heteroatoms. The maximum Gasteiger partial charge on any atom is 0.258 e. The molecule has 0 unspecified atom stereocenters. The summed E-state index contributed by atoms with van der Waals surface area (Å²) in [6, 6.07) is 8.43. The van der Waals surface area contributed by atoms with Gasteiger partial charge in [0.05, 0.1) is 5.69 Å². The van der Waals surface area contributed by atoms with Gasteiger partial charge in [-0.2, -0.15) is 0 Å². The monoisotopic (exact) mass is 288 g/mol. The summed E-state index contributed by atoms with van der Waals surface area (Å²) in [5.74, 6) is 1.52. The zero-order chi connectivity index (χ0) is 14.7. The minimum absolute atomic E-state index is 0.0145. The Balaban J connectivity index is 1.62. The van der Waals surface area contributed by atoms with E-state index in [1.165, 1.54) is 12.8 Å². The molecule has 2 fully saturated rings. The van der Waals surface area contributed by atoms with Crippen LogP contribution >= 0.6 is 0 Å². The lowest BCUT2D eigenvalue weighted by atomic mass is 9.99. The number of hydrogen-bond donors (Lipinski definition) is 1. The topological polar surface area (TPSA) is 41.6 Å². The van der Waals surface area contributed by atoms with Crippen molar-refractivity contribution in [2.24, 2.45) is 5.92 Å². The van der Waals surface area contributed by atoms with Gasteiger partial charge < -0.3 is 15.0 Å². The van der Waals surface area contributed by atoms with Gasteiger partial charge in [0.25, 0.3) is 5.91 Å². The standard InChI is InChI=1S/C17H24N2O2/c1-13-5-4-10-19(11-13)15-6-2-3-7-16(15)21-12-17(20)18-14-8-9-14/h2-3,6-7,13-14H,4-5,8-12H2,1H3,(H,18,20)/t13-/m1/s1. The van der Waals surface area contributed by atoms with E-state index in [2.05, 4.69) is 23.2 Å². The van der Waals surface area contributed by atoms with Crippen molar-refractivity contribution >= 4 is 11.6 Å². The summed E-state index contributed by atoms with van der Waals surface area (Å²) in [5.41, 5.74) is 1.11. The zero-order valence-corrected chi connectivity index (χ0v) is 12.7. The van der Waals surface area contributed by atoms with Gasteiger partial charge >= 0.3 is 0 Å². The Kier molecular flexibility index (Phi) is 4.32. The van der Waals surface area contributed by atoms with Gasteiger partial charge in [-0.25, -0.2) is 0 Å². The SMILES string of the molecule is C[C@@H]1CCCN(c2ccccc2OCC(=O)NC2CC2)C1. The molecule has 21 heavy (non-hydrogen) atoms. The number of para-hydroxylation sites is 2. The van der Waals surface area contributed by atoms with Crippen LogP contribution in [-0.4, -0.2) is 31.6 Å².